The average molecular weight is 434 g/mol. The fraction of sp³-hybridized carbons (Fsp3) is 0.333. The van der Waals surface area contributed by atoms with Crippen molar-refractivity contribution in [3.63, 3.8) is 0 Å². The minimum Gasteiger partial charge on any atom is -0.326 e. The van der Waals surface area contributed by atoms with E-state index in [4.69, 9.17) is 0 Å². The molecule has 0 radical (unpaired) electrons. The Morgan fingerprint density at radius 3 is 2.37 bits per heavy atom. The monoisotopic (exact) mass is 433 g/mol. The van der Waals surface area contributed by atoms with Gasteiger partial charge in [0.15, 0.2) is 0 Å². The molecular formula is C21H24FN3O4S. The first-order chi connectivity index (χ1) is 14.2. The molecule has 0 saturated carbocycles. The maximum absolute atomic E-state index is 14.2. The molecule has 7 nitrogen and oxygen atoms in total. The molecule has 3 rings (SSSR count). The van der Waals surface area contributed by atoms with Gasteiger partial charge in [0.2, 0.25) is 15.9 Å². The van der Waals surface area contributed by atoms with Crippen molar-refractivity contribution in [2.24, 2.45) is 0 Å². The lowest BCUT2D eigenvalue weighted by Crippen LogP contribution is -2.35. The molecule has 2 aromatic rings. The van der Waals surface area contributed by atoms with E-state index in [-0.39, 0.29) is 22.1 Å². The first kappa shape index (κ1) is 21.9. The van der Waals surface area contributed by atoms with Gasteiger partial charge in [-0.05, 0) is 55.7 Å². The van der Waals surface area contributed by atoms with Crippen LogP contribution in [0.4, 0.5) is 15.8 Å². The molecule has 2 aromatic carbocycles. The topological polar surface area (TPSA) is 95.6 Å². The summed E-state index contributed by atoms with van der Waals surface area (Å²) in [5.74, 6) is -1.64. The van der Waals surface area contributed by atoms with E-state index in [0.29, 0.717) is 24.3 Å². The molecule has 0 bridgehead atoms. The first-order valence-electron chi connectivity index (χ1n) is 9.68. The van der Waals surface area contributed by atoms with E-state index in [9.17, 15) is 22.4 Å². The molecule has 0 atom stereocenters. The highest BCUT2D eigenvalue weighted by atomic mass is 32.2. The maximum atomic E-state index is 14.2. The van der Waals surface area contributed by atoms with Gasteiger partial charge in [0.1, 0.15) is 5.82 Å². The molecule has 1 aliphatic heterocycles. The predicted molar refractivity (Wildman–Crippen MR) is 112 cm³/mol. The van der Waals surface area contributed by atoms with E-state index >= 15 is 0 Å². The third kappa shape index (κ3) is 4.85. The average Bonchev–Trinajstić information content (AvgIpc) is 2.71. The molecule has 0 unspecified atom stereocenters. The molecule has 0 aliphatic carbocycles. The lowest BCUT2D eigenvalue weighted by molar-refractivity contribution is -0.114. The van der Waals surface area contributed by atoms with Crippen molar-refractivity contribution in [1.82, 2.24) is 4.31 Å². The van der Waals surface area contributed by atoms with Crippen LogP contribution in [0.2, 0.25) is 0 Å². The first-order valence-corrected chi connectivity index (χ1v) is 11.1. The van der Waals surface area contributed by atoms with Gasteiger partial charge in [-0.2, -0.15) is 4.31 Å². The Kier molecular flexibility index (Phi) is 6.52. The van der Waals surface area contributed by atoms with Gasteiger partial charge in [-0.3, -0.25) is 9.59 Å². The Hall–Kier alpha value is -2.78. The normalized spacial score (nSPS) is 14.9. The second-order valence-corrected chi connectivity index (χ2v) is 9.21. The number of anilines is 2. The van der Waals surface area contributed by atoms with Crippen molar-refractivity contribution >= 4 is 33.2 Å². The number of hydrogen-bond donors (Lipinski definition) is 2. The van der Waals surface area contributed by atoms with Crippen molar-refractivity contribution in [2.75, 3.05) is 23.7 Å². The Morgan fingerprint density at radius 2 is 1.70 bits per heavy atom. The third-order valence-electron chi connectivity index (χ3n) is 4.94. The molecule has 1 aliphatic rings. The molecule has 1 fully saturated rings. The maximum Gasteiger partial charge on any atom is 0.256 e. The van der Waals surface area contributed by atoms with Crippen LogP contribution in [0.15, 0.2) is 41.3 Å². The number of benzene rings is 2. The SMILES string of the molecule is CC(=O)Nc1ccc(F)c(NC(=O)c2cc(S(=O)(=O)N3CCCCC3)ccc2C)c1. The molecule has 30 heavy (non-hydrogen) atoms. The Balaban J connectivity index is 1.88. The van der Waals surface area contributed by atoms with Crippen molar-refractivity contribution in [2.45, 2.75) is 38.0 Å². The van der Waals surface area contributed by atoms with Crippen LogP contribution in [0.25, 0.3) is 0 Å². The molecule has 2 amide bonds. The van der Waals surface area contributed by atoms with Crippen LogP contribution in [-0.2, 0) is 14.8 Å². The molecule has 0 aromatic heterocycles. The number of carbonyl (C=O) groups excluding carboxylic acids is 2. The molecule has 160 valence electrons. The van der Waals surface area contributed by atoms with Crippen LogP contribution in [-0.4, -0.2) is 37.6 Å². The van der Waals surface area contributed by atoms with E-state index in [1.807, 2.05) is 0 Å². The van der Waals surface area contributed by atoms with E-state index in [1.54, 1.807) is 13.0 Å². The predicted octanol–water partition coefficient (Wildman–Crippen LogP) is 3.52. The van der Waals surface area contributed by atoms with E-state index < -0.39 is 21.7 Å². The third-order valence-corrected chi connectivity index (χ3v) is 6.84. The number of aryl methyl sites for hydroxylation is 1. The Bertz CT molecular complexity index is 1080. The number of sulfonamides is 1. The molecule has 0 spiro atoms. The number of amides is 2. The van der Waals surface area contributed by atoms with Crippen molar-refractivity contribution < 1.29 is 22.4 Å². The van der Waals surface area contributed by atoms with Gasteiger partial charge in [-0.15, -0.1) is 0 Å². The number of rotatable bonds is 5. The van der Waals surface area contributed by atoms with Crippen LogP contribution < -0.4 is 10.6 Å². The number of carbonyl (C=O) groups is 2. The largest absolute Gasteiger partial charge is 0.326 e. The summed E-state index contributed by atoms with van der Waals surface area (Å²) in [4.78, 5) is 24.0. The van der Waals surface area contributed by atoms with Gasteiger partial charge in [-0.1, -0.05) is 12.5 Å². The van der Waals surface area contributed by atoms with Crippen molar-refractivity contribution in [3.05, 3.63) is 53.3 Å². The zero-order chi connectivity index (χ0) is 21.9. The summed E-state index contributed by atoms with van der Waals surface area (Å²) in [5.41, 5.74) is 0.910. The fourth-order valence-corrected chi connectivity index (χ4v) is 4.90. The van der Waals surface area contributed by atoms with Gasteiger partial charge >= 0.3 is 0 Å². The van der Waals surface area contributed by atoms with Crippen LogP contribution >= 0.6 is 0 Å². The number of piperidine rings is 1. The quantitative estimate of drug-likeness (QED) is 0.754. The van der Waals surface area contributed by atoms with E-state index in [1.165, 1.54) is 35.5 Å². The van der Waals surface area contributed by atoms with Crippen LogP contribution in [0.1, 0.15) is 42.1 Å². The summed E-state index contributed by atoms with van der Waals surface area (Å²) < 4.78 is 41.4. The highest BCUT2D eigenvalue weighted by molar-refractivity contribution is 7.89. The molecule has 2 N–H and O–H groups in total. The highest BCUT2D eigenvalue weighted by Crippen LogP contribution is 2.25. The minimum atomic E-state index is -3.70. The summed E-state index contributed by atoms with van der Waals surface area (Å²) in [6.07, 6.45) is 2.61. The van der Waals surface area contributed by atoms with Gasteiger partial charge < -0.3 is 10.6 Å². The summed E-state index contributed by atoms with van der Waals surface area (Å²) in [7, 11) is -3.70. The lowest BCUT2D eigenvalue weighted by Gasteiger charge is -2.26. The lowest BCUT2D eigenvalue weighted by atomic mass is 10.1. The molecular weight excluding hydrogens is 409 g/mol. The summed E-state index contributed by atoms with van der Waals surface area (Å²) >= 11 is 0. The van der Waals surface area contributed by atoms with Crippen LogP contribution in [0.3, 0.4) is 0 Å². The van der Waals surface area contributed by atoms with Crippen molar-refractivity contribution in [1.29, 1.82) is 0 Å². The number of hydrogen-bond acceptors (Lipinski definition) is 4. The second-order valence-electron chi connectivity index (χ2n) is 7.27. The zero-order valence-electron chi connectivity index (χ0n) is 16.9. The second kappa shape index (κ2) is 8.93. The summed E-state index contributed by atoms with van der Waals surface area (Å²) in [5, 5.41) is 4.99. The van der Waals surface area contributed by atoms with Gasteiger partial charge in [0.25, 0.3) is 5.91 Å². The van der Waals surface area contributed by atoms with E-state index in [0.717, 1.165) is 25.3 Å². The zero-order valence-corrected chi connectivity index (χ0v) is 17.7. The summed E-state index contributed by atoms with van der Waals surface area (Å²) in [6, 6.07) is 8.18. The van der Waals surface area contributed by atoms with Gasteiger partial charge in [0, 0.05) is 31.3 Å². The molecule has 9 heteroatoms. The number of nitrogens with one attached hydrogen (secondary N) is 2. The highest BCUT2D eigenvalue weighted by Gasteiger charge is 2.27. The van der Waals surface area contributed by atoms with Gasteiger partial charge in [-0.25, -0.2) is 12.8 Å². The van der Waals surface area contributed by atoms with Crippen LogP contribution in [0, 0.1) is 12.7 Å². The molecule has 1 heterocycles. The number of halogens is 1. The fourth-order valence-electron chi connectivity index (χ4n) is 3.35. The smallest absolute Gasteiger partial charge is 0.256 e. The standard InChI is InChI=1S/C21H24FN3O4S/c1-14-6-8-17(30(28,29)25-10-4-3-5-11-25)13-18(14)21(27)24-20-12-16(23-15(2)26)7-9-19(20)22/h6-9,12-13H,3-5,10-11H2,1-2H3,(H,23,26)(H,24,27). The number of nitrogens with zero attached hydrogens (tertiary/aromatic N) is 1. The Labute approximate surface area is 175 Å². The summed E-state index contributed by atoms with van der Waals surface area (Å²) in [6.45, 7) is 3.91. The van der Waals surface area contributed by atoms with Gasteiger partial charge in [0.05, 0.1) is 10.6 Å². The van der Waals surface area contributed by atoms with Crippen molar-refractivity contribution in [3.8, 4) is 0 Å². The minimum absolute atomic E-state index is 0.0348. The Morgan fingerprint density at radius 1 is 1.00 bits per heavy atom. The molecule has 1 saturated heterocycles. The van der Waals surface area contributed by atoms with Crippen LogP contribution in [0.5, 0.6) is 0 Å². The van der Waals surface area contributed by atoms with E-state index in [2.05, 4.69) is 10.6 Å².